The molecule has 0 amide bonds. The summed E-state index contributed by atoms with van der Waals surface area (Å²) in [6.07, 6.45) is -3.55. The zero-order chi connectivity index (χ0) is 9.07. The van der Waals surface area contributed by atoms with E-state index < -0.39 is 12.1 Å². The van der Waals surface area contributed by atoms with Crippen LogP contribution in [0.3, 0.4) is 0 Å². The monoisotopic (exact) mass is 168 g/mol. The molecule has 0 N–H and O–H groups in total. The molecular formula is C8H15F3. The molecule has 0 heterocycles. The fourth-order valence-corrected chi connectivity index (χ4v) is 1.10. The highest BCUT2D eigenvalue weighted by Gasteiger charge is 2.37. The summed E-state index contributed by atoms with van der Waals surface area (Å²) >= 11 is 0. The molecule has 0 nitrogen and oxygen atoms in total. The minimum atomic E-state index is -4.00. The summed E-state index contributed by atoms with van der Waals surface area (Å²) in [5, 5.41) is 0. The molecule has 0 rings (SSSR count). The first kappa shape index (κ1) is 10.8. The van der Waals surface area contributed by atoms with Gasteiger partial charge in [-0.3, -0.25) is 0 Å². The summed E-state index contributed by atoms with van der Waals surface area (Å²) in [6, 6.07) is 0. The van der Waals surface area contributed by atoms with Gasteiger partial charge in [-0.1, -0.05) is 20.8 Å². The van der Waals surface area contributed by atoms with Gasteiger partial charge in [0.05, 0.1) is 5.92 Å². The highest BCUT2D eigenvalue weighted by Crippen LogP contribution is 2.33. The molecule has 3 heteroatoms. The molecule has 68 valence electrons. The molecule has 0 saturated carbocycles. The van der Waals surface area contributed by atoms with E-state index in [1.165, 1.54) is 0 Å². The number of hydrogen-bond acceptors (Lipinski definition) is 0. The number of halogens is 3. The SMILES string of the molecule is CC[C@@H](CC(C)C)C(F)(F)F. The Bertz CT molecular complexity index is 104. The maximum absolute atomic E-state index is 12.1. The molecule has 0 aromatic carbocycles. The van der Waals surface area contributed by atoms with E-state index in [9.17, 15) is 13.2 Å². The quantitative estimate of drug-likeness (QED) is 0.603. The molecule has 0 saturated heterocycles. The van der Waals surface area contributed by atoms with Crippen LogP contribution in [0.4, 0.5) is 13.2 Å². The molecule has 0 aliphatic heterocycles. The lowest BCUT2D eigenvalue weighted by Gasteiger charge is -2.19. The van der Waals surface area contributed by atoms with Crippen molar-refractivity contribution in [1.82, 2.24) is 0 Å². The fraction of sp³-hybridized carbons (Fsp3) is 1.00. The van der Waals surface area contributed by atoms with E-state index in [1.54, 1.807) is 6.92 Å². The van der Waals surface area contributed by atoms with Crippen LogP contribution in [0.5, 0.6) is 0 Å². The van der Waals surface area contributed by atoms with Gasteiger partial charge in [0.1, 0.15) is 0 Å². The van der Waals surface area contributed by atoms with Crippen LogP contribution in [0.25, 0.3) is 0 Å². The van der Waals surface area contributed by atoms with Crippen molar-refractivity contribution >= 4 is 0 Å². The fourth-order valence-electron chi connectivity index (χ4n) is 1.10. The first-order valence-electron chi connectivity index (χ1n) is 3.94. The van der Waals surface area contributed by atoms with Gasteiger partial charge in [0.2, 0.25) is 0 Å². The normalized spacial score (nSPS) is 15.5. The van der Waals surface area contributed by atoms with Gasteiger partial charge in [0.25, 0.3) is 0 Å². The molecule has 1 atom stereocenters. The van der Waals surface area contributed by atoms with Crippen molar-refractivity contribution in [3.63, 3.8) is 0 Å². The summed E-state index contributed by atoms with van der Waals surface area (Å²) in [4.78, 5) is 0. The molecule has 0 spiro atoms. The van der Waals surface area contributed by atoms with Crippen LogP contribution in [0, 0.1) is 11.8 Å². The molecule has 0 unspecified atom stereocenters. The van der Waals surface area contributed by atoms with E-state index >= 15 is 0 Å². The standard InChI is InChI=1S/C8H15F3/c1-4-7(5-6(2)3)8(9,10)11/h6-7H,4-5H2,1-3H3/t7-/m0/s1. The second kappa shape index (κ2) is 3.98. The molecule has 0 aliphatic rings. The topological polar surface area (TPSA) is 0 Å². The molecule has 0 aromatic rings. The van der Waals surface area contributed by atoms with Crippen LogP contribution in [0.2, 0.25) is 0 Å². The van der Waals surface area contributed by atoms with Crippen molar-refractivity contribution in [2.45, 2.75) is 39.8 Å². The summed E-state index contributed by atoms with van der Waals surface area (Å²) in [5.41, 5.74) is 0. The van der Waals surface area contributed by atoms with E-state index in [4.69, 9.17) is 0 Å². The van der Waals surface area contributed by atoms with E-state index in [-0.39, 0.29) is 18.8 Å². The first-order valence-corrected chi connectivity index (χ1v) is 3.94. The van der Waals surface area contributed by atoms with E-state index in [1.807, 2.05) is 13.8 Å². The highest BCUT2D eigenvalue weighted by molar-refractivity contribution is 4.67. The van der Waals surface area contributed by atoms with E-state index in [2.05, 4.69) is 0 Å². The molecule has 0 aliphatic carbocycles. The van der Waals surface area contributed by atoms with Gasteiger partial charge in [-0.15, -0.1) is 0 Å². The lowest BCUT2D eigenvalue weighted by Crippen LogP contribution is -2.23. The lowest BCUT2D eigenvalue weighted by molar-refractivity contribution is -0.179. The Morgan fingerprint density at radius 3 is 1.73 bits per heavy atom. The van der Waals surface area contributed by atoms with Crippen molar-refractivity contribution in [2.75, 3.05) is 0 Å². The molecule has 0 bridgehead atoms. The van der Waals surface area contributed by atoms with Crippen molar-refractivity contribution in [2.24, 2.45) is 11.8 Å². The number of hydrogen-bond donors (Lipinski definition) is 0. The second-order valence-electron chi connectivity index (χ2n) is 3.28. The molecule has 11 heavy (non-hydrogen) atoms. The Hall–Kier alpha value is -0.210. The van der Waals surface area contributed by atoms with Gasteiger partial charge >= 0.3 is 6.18 Å². The van der Waals surface area contributed by atoms with Crippen molar-refractivity contribution in [3.8, 4) is 0 Å². The summed E-state index contributed by atoms with van der Waals surface area (Å²) in [6.45, 7) is 5.21. The van der Waals surface area contributed by atoms with E-state index in [0.29, 0.717) is 0 Å². The van der Waals surface area contributed by atoms with Crippen molar-refractivity contribution in [3.05, 3.63) is 0 Å². The third-order valence-corrected chi connectivity index (χ3v) is 1.71. The van der Waals surface area contributed by atoms with Crippen molar-refractivity contribution < 1.29 is 13.2 Å². The Balaban J connectivity index is 3.96. The minimum Gasteiger partial charge on any atom is -0.171 e. The Morgan fingerprint density at radius 1 is 1.18 bits per heavy atom. The average molecular weight is 168 g/mol. The zero-order valence-electron chi connectivity index (χ0n) is 7.20. The van der Waals surface area contributed by atoms with Gasteiger partial charge in [-0.25, -0.2) is 0 Å². The third kappa shape index (κ3) is 4.27. The van der Waals surface area contributed by atoms with Gasteiger partial charge in [0.15, 0.2) is 0 Å². The molecule has 0 fully saturated rings. The number of alkyl halides is 3. The number of rotatable bonds is 3. The Labute approximate surface area is 65.8 Å². The summed E-state index contributed by atoms with van der Waals surface area (Å²) < 4.78 is 36.2. The first-order chi connectivity index (χ1) is 4.88. The Morgan fingerprint density at radius 2 is 1.64 bits per heavy atom. The maximum atomic E-state index is 12.1. The third-order valence-electron chi connectivity index (χ3n) is 1.71. The average Bonchev–Trinajstić information content (AvgIpc) is 1.79. The van der Waals surface area contributed by atoms with Crippen LogP contribution in [-0.4, -0.2) is 6.18 Å². The van der Waals surface area contributed by atoms with Crippen LogP contribution in [-0.2, 0) is 0 Å². The van der Waals surface area contributed by atoms with Gasteiger partial charge in [-0.05, 0) is 18.8 Å². The van der Waals surface area contributed by atoms with Crippen LogP contribution in [0.1, 0.15) is 33.6 Å². The van der Waals surface area contributed by atoms with Gasteiger partial charge in [0, 0.05) is 0 Å². The predicted molar refractivity (Wildman–Crippen MR) is 39.3 cm³/mol. The molecule has 0 radical (unpaired) electrons. The van der Waals surface area contributed by atoms with Crippen LogP contribution < -0.4 is 0 Å². The zero-order valence-corrected chi connectivity index (χ0v) is 7.20. The summed E-state index contributed by atoms with van der Waals surface area (Å²) in [5.74, 6) is -0.982. The second-order valence-corrected chi connectivity index (χ2v) is 3.28. The van der Waals surface area contributed by atoms with Crippen LogP contribution >= 0.6 is 0 Å². The van der Waals surface area contributed by atoms with Gasteiger partial charge < -0.3 is 0 Å². The van der Waals surface area contributed by atoms with Crippen molar-refractivity contribution in [1.29, 1.82) is 0 Å². The van der Waals surface area contributed by atoms with Crippen LogP contribution in [0.15, 0.2) is 0 Å². The Kier molecular flexibility index (Phi) is 3.90. The molecule has 0 aromatic heterocycles. The summed E-state index contributed by atoms with van der Waals surface area (Å²) in [7, 11) is 0. The highest BCUT2D eigenvalue weighted by atomic mass is 19.4. The predicted octanol–water partition coefficient (Wildman–Crippen LogP) is 3.62. The minimum absolute atomic E-state index is 0.126. The lowest BCUT2D eigenvalue weighted by atomic mass is 9.94. The molecular weight excluding hydrogens is 153 g/mol. The maximum Gasteiger partial charge on any atom is 0.391 e. The van der Waals surface area contributed by atoms with Gasteiger partial charge in [-0.2, -0.15) is 13.2 Å². The largest absolute Gasteiger partial charge is 0.391 e. The van der Waals surface area contributed by atoms with E-state index in [0.717, 1.165) is 0 Å². The smallest absolute Gasteiger partial charge is 0.171 e.